The summed E-state index contributed by atoms with van der Waals surface area (Å²) in [6.07, 6.45) is 6.15. The molecular weight excluding hydrogens is 328 g/mol. The van der Waals surface area contributed by atoms with Crippen LogP contribution in [-0.4, -0.2) is 34.2 Å². The van der Waals surface area contributed by atoms with Crippen LogP contribution in [0.4, 0.5) is 0 Å². The van der Waals surface area contributed by atoms with E-state index in [4.69, 9.17) is 0 Å². The predicted octanol–water partition coefficient (Wildman–Crippen LogP) is 2.73. The molecule has 0 spiro atoms. The lowest BCUT2D eigenvalue weighted by Gasteiger charge is -2.26. The summed E-state index contributed by atoms with van der Waals surface area (Å²) in [5.41, 5.74) is 2.14. The lowest BCUT2D eigenvalue weighted by Crippen LogP contribution is -2.51. The van der Waals surface area contributed by atoms with Crippen molar-refractivity contribution in [3.8, 4) is 0 Å². The molecule has 2 amide bonds. The van der Waals surface area contributed by atoms with E-state index >= 15 is 0 Å². The average molecular weight is 363 g/mol. The molecule has 2 N–H and O–H groups in total. The van der Waals surface area contributed by atoms with Gasteiger partial charge in [0, 0.05) is 24.7 Å². The minimum atomic E-state index is -0.460. The summed E-state index contributed by atoms with van der Waals surface area (Å²) in [6.45, 7) is 9.32. The van der Waals surface area contributed by atoms with Crippen LogP contribution in [0.5, 0.6) is 0 Å². The van der Waals surface area contributed by atoms with Crippen molar-refractivity contribution in [2.24, 2.45) is 11.8 Å². The average Bonchev–Trinajstić information content (AvgIpc) is 2.94. The number of rotatable bonds is 8. The Balaban J connectivity index is 1.78. The van der Waals surface area contributed by atoms with E-state index in [0.29, 0.717) is 6.54 Å². The van der Waals surface area contributed by atoms with E-state index in [1.165, 1.54) is 6.42 Å². The van der Waals surface area contributed by atoms with E-state index < -0.39 is 6.04 Å². The maximum atomic E-state index is 12.5. The number of nitrogens with one attached hydrogen (secondary N) is 2. The van der Waals surface area contributed by atoms with Crippen molar-refractivity contribution in [2.45, 2.75) is 78.8 Å². The molecular formula is C20H34N4O2. The Morgan fingerprint density at radius 3 is 2.50 bits per heavy atom. The quantitative estimate of drug-likeness (QED) is 0.698. The minimum Gasteiger partial charge on any atom is -0.354 e. The van der Waals surface area contributed by atoms with Crippen LogP contribution in [0.2, 0.25) is 0 Å². The molecule has 146 valence electrons. The molecule has 0 radical (unpaired) electrons. The van der Waals surface area contributed by atoms with Crippen LogP contribution in [0.25, 0.3) is 0 Å². The first-order valence-electron chi connectivity index (χ1n) is 9.97. The zero-order chi connectivity index (χ0) is 19.1. The van der Waals surface area contributed by atoms with Crippen molar-refractivity contribution >= 4 is 11.8 Å². The van der Waals surface area contributed by atoms with Crippen molar-refractivity contribution in [3.05, 3.63) is 17.5 Å². The van der Waals surface area contributed by atoms with Crippen molar-refractivity contribution in [2.75, 3.05) is 6.54 Å². The molecule has 0 aliphatic heterocycles. The third-order valence-corrected chi connectivity index (χ3v) is 5.17. The number of nitrogens with zero attached hydrogens (tertiary/aromatic N) is 2. The van der Waals surface area contributed by atoms with E-state index in [-0.39, 0.29) is 23.7 Å². The molecule has 0 aromatic carbocycles. The minimum absolute atomic E-state index is 0.0428. The van der Waals surface area contributed by atoms with Crippen molar-refractivity contribution in [1.29, 1.82) is 0 Å². The van der Waals surface area contributed by atoms with Gasteiger partial charge in [-0.3, -0.25) is 14.3 Å². The first-order valence-corrected chi connectivity index (χ1v) is 9.97. The molecule has 26 heavy (non-hydrogen) atoms. The first-order chi connectivity index (χ1) is 12.4. The Labute approximate surface area is 157 Å². The zero-order valence-electron chi connectivity index (χ0n) is 16.7. The number of hydrogen-bond donors (Lipinski definition) is 2. The predicted molar refractivity (Wildman–Crippen MR) is 103 cm³/mol. The fourth-order valence-electron chi connectivity index (χ4n) is 3.62. The zero-order valence-corrected chi connectivity index (χ0v) is 16.7. The number of hydrogen-bond acceptors (Lipinski definition) is 3. The molecule has 1 saturated carbocycles. The molecule has 1 aliphatic carbocycles. The topological polar surface area (TPSA) is 76.0 Å². The molecule has 1 unspecified atom stereocenters. The molecule has 1 aromatic rings. The van der Waals surface area contributed by atoms with Gasteiger partial charge in [-0.25, -0.2) is 0 Å². The lowest BCUT2D eigenvalue weighted by atomic mass is 9.88. The summed E-state index contributed by atoms with van der Waals surface area (Å²) in [5.74, 6) is 0.0982. The molecule has 2 rings (SSSR count). The highest BCUT2D eigenvalue weighted by Crippen LogP contribution is 2.24. The highest BCUT2D eigenvalue weighted by molar-refractivity contribution is 5.88. The number of aromatic nitrogens is 2. The van der Waals surface area contributed by atoms with Crippen LogP contribution in [0.3, 0.4) is 0 Å². The summed E-state index contributed by atoms with van der Waals surface area (Å²) in [7, 11) is 0. The molecule has 1 atom stereocenters. The van der Waals surface area contributed by atoms with Crippen LogP contribution in [0.1, 0.15) is 63.8 Å². The van der Waals surface area contributed by atoms with Gasteiger partial charge in [0.15, 0.2) is 0 Å². The molecule has 1 aromatic heterocycles. The van der Waals surface area contributed by atoms with Gasteiger partial charge >= 0.3 is 0 Å². The van der Waals surface area contributed by atoms with Crippen LogP contribution >= 0.6 is 0 Å². The highest BCUT2D eigenvalue weighted by Gasteiger charge is 2.28. The largest absolute Gasteiger partial charge is 0.354 e. The van der Waals surface area contributed by atoms with Gasteiger partial charge in [0.25, 0.3) is 0 Å². The van der Waals surface area contributed by atoms with Gasteiger partial charge in [0.2, 0.25) is 11.8 Å². The molecule has 6 heteroatoms. The third kappa shape index (κ3) is 5.85. The SMILES string of the molecule is Cc1cc(C)n(CCCNC(=O)C(NC(=O)C2CCCCC2)C(C)C)n1. The van der Waals surface area contributed by atoms with Crippen LogP contribution in [-0.2, 0) is 16.1 Å². The smallest absolute Gasteiger partial charge is 0.242 e. The fourth-order valence-corrected chi connectivity index (χ4v) is 3.62. The number of carbonyl (C=O) groups is 2. The maximum absolute atomic E-state index is 12.5. The number of carbonyl (C=O) groups excluding carboxylic acids is 2. The van der Waals surface area contributed by atoms with Gasteiger partial charge in [-0.1, -0.05) is 33.1 Å². The van der Waals surface area contributed by atoms with E-state index in [2.05, 4.69) is 15.7 Å². The van der Waals surface area contributed by atoms with Gasteiger partial charge in [-0.05, 0) is 45.1 Å². The van der Waals surface area contributed by atoms with E-state index in [1.807, 2.05) is 38.4 Å². The van der Waals surface area contributed by atoms with Crippen molar-refractivity contribution < 1.29 is 9.59 Å². The van der Waals surface area contributed by atoms with E-state index in [0.717, 1.165) is 50.0 Å². The number of amides is 2. The molecule has 1 aliphatic rings. The summed E-state index contributed by atoms with van der Waals surface area (Å²) < 4.78 is 1.96. The van der Waals surface area contributed by atoms with Gasteiger partial charge in [-0.2, -0.15) is 5.10 Å². The Morgan fingerprint density at radius 2 is 1.92 bits per heavy atom. The van der Waals surface area contributed by atoms with Crippen LogP contribution < -0.4 is 10.6 Å². The summed E-state index contributed by atoms with van der Waals surface area (Å²) in [6, 6.07) is 1.59. The molecule has 1 heterocycles. The highest BCUT2D eigenvalue weighted by atomic mass is 16.2. The second-order valence-electron chi connectivity index (χ2n) is 7.86. The summed E-state index contributed by atoms with van der Waals surface area (Å²) >= 11 is 0. The second kappa shape index (κ2) is 9.74. The second-order valence-corrected chi connectivity index (χ2v) is 7.86. The Morgan fingerprint density at radius 1 is 1.23 bits per heavy atom. The normalized spacial score (nSPS) is 16.5. The summed E-state index contributed by atoms with van der Waals surface area (Å²) in [5, 5.41) is 10.4. The van der Waals surface area contributed by atoms with E-state index in [1.54, 1.807) is 0 Å². The molecule has 6 nitrogen and oxygen atoms in total. The maximum Gasteiger partial charge on any atom is 0.242 e. The van der Waals surface area contributed by atoms with Gasteiger partial charge in [-0.15, -0.1) is 0 Å². The fraction of sp³-hybridized carbons (Fsp3) is 0.750. The van der Waals surface area contributed by atoms with Crippen molar-refractivity contribution in [3.63, 3.8) is 0 Å². The van der Waals surface area contributed by atoms with Gasteiger partial charge in [0.05, 0.1) is 5.69 Å². The standard InChI is InChI=1S/C20H34N4O2/c1-14(2)18(22-19(25)17-9-6-5-7-10-17)20(26)21-11-8-12-24-16(4)13-15(3)23-24/h13-14,17-18H,5-12H2,1-4H3,(H,21,26)(H,22,25). The first kappa shape index (κ1) is 20.5. The van der Waals surface area contributed by atoms with Gasteiger partial charge in [0.1, 0.15) is 6.04 Å². The molecule has 0 bridgehead atoms. The molecule has 0 saturated heterocycles. The monoisotopic (exact) mass is 362 g/mol. The lowest BCUT2D eigenvalue weighted by molar-refractivity contribution is -0.132. The van der Waals surface area contributed by atoms with Crippen LogP contribution in [0, 0.1) is 25.7 Å². The third-order valence-electron chi connectivity index (χ3n) is 5.17. The molecule has 1 fully saturated rings. The van der Waals surface area contributed by atoms with E-state index in [9.17, 15) is 9.59 Å². The Hall–Kier alpha value is -1.85. The van der Waals surface area contributed by atoms with Crippen LogP contribution in [0.15, 0.2) is 6.07 Å². The van der Waals surface area contributed by atoms with Gasteiger partial charge < -0.3 is 10.6 Å². The van der Waals surface area contributed by atoms with Crippen molar-refractivity contribution in [1.82, 2.24) is 20.4 Å². The Bertz CT molecular complexity index is 603. The number of aryl methyl sites for hydroxylation is 3. The Kier molecular flexibility index (Phi) is 7.66. The summed E-state index contributed by atoms with van der Waals surface area (Å²) in [4.78, 5) is 25.0.